The third-order valence-electron chi connectivity index (χ3n) is 4.15. The number of nitrogens with zero attached hydrogens (tertiary/aromatic N) is 2. The third-order valence-corrected chi connectivity index (χ3v) is 4.15. The van der Waals surface area contributed by atoms with Gasteiger partial charge in [0.1, 0.15) is 11.9 Å². The lowest BCUT2D eigenvalue weighted by molar-refractivity contribution is -0.0541. The fraction of sp³-hybridized carbons (Fsp3) is 0.667. The predicted molar refractivity (Wildman–Crippen MR) is 74.7 cm³/mol. The van der Waals surface area contributed by atoms with Crippen LogP contribution in [0.3, 0.4) is 0 Å². The minimum absolute atomic E-state index is 0.0830. The van der Waals surface area contributed by atoms with Gasteiger partial charge in [0.25, 0.3) is 0 Å². The summed E-state index contributed by atoms with van der Waals surface area (Å²) >= 11 is 0. The van der Waals surface area contributed by atoms with Crippen LogP contribution in [0.15, 0.2) is 24.5 Å². The van der Waals surface area contributed by atoms with E-state index in [0.717, 1.165) is 44.6 Å². The number of likely N-dealkylation sites (tertiary alicyclic amines) is 1. The number of β-amino-alcohol motifs (C(OH)–C–C–N with tert-alkyl or cyclic N) is 1. The maximum absolute atomic E-state index is 9.08. The van der Waals surface area contributed by atoms with Gasteiger partial charge in [-0.2, -0.15) is 0 Å². The molecule has 110 valence electrons. The highest BCUT2D eigenvalue weighted by Gasteiger charge is 2.44. The Morgan fingerprint density at radius 2 is 2.50 bits per heavy atom. The Bertz CT molecular complexity index is 426. The zero-order valence-electron chi connectivity index (χ0n) is 11.7. The van der Waals surface area contributed by atoms with Gasteiger partial charge in [-0.3, -0.25) is 9.88 Å². The predicted octanol–water partition coefficient (Wildman–Crippen LogP) is 1.08. The molecule has 1 N–H and O–H groups in total. The van der Waals surface area contributed by atoms with E-state index in [1.807, 2.05) is 12.1 Å². The monoisotopic (exact) mass is 278 g/mol. The molecule has 1 spiro atoms. The molecular formula is C15H22N2O3. The number of ether oxygens (including phenoxy) is 2. The van der Waals surface area contributed by atoms with Crippen LogP contribution >= 0.6 is 0 Å². The zero-order valence-corrected chi connectivity index (χ0v) is 11.7. The van der Waals surface area contributed by atoms with Crippen molar-refractivity contribution < 1.29 is 14.6 Å². The molecule has 1 aromatic heterocycles. The molecule has 3 heterocycles. The molecular weight excluding hydrogens is 256 g/mol. The summed E-state index contributed by atoms with van der Waals surface area (Å²) in [7, 11) is 0. The first-order valence-corrected chi connectivity index (χ1v) is 7.34. The highest BCUT2D eigenvalue weighted by atomic mass is 16.6. The molecule has 0 radical (unpaired) electrons. The Kier molecular flexibility index (Phi) is 4.19. The lowest BCUT2D eigenvalue weighted by Crippen LogP contribution is -2.48. The van der Waals surface area contributed by atoms with E-state index < -0.39 is 0 Å². The molecule has 2 atom stereocenters. The lowest BCUT2D eigenvalue weighted by atomic mass is 9.89. The first kappa shape index (κ1) is 13.8. The molecule has 0 aliphatic carbocycles. The molecule has 1 aromatic rings. The summed E-state index contributed by atoms with van der Waals surface area (Å²) in [5.74, 6) is 0.807. The van der Waals surface area contributed by atoms with Gasteiger partial charge in [0.15, 0.2) is 0 Å². The minimum atomic E-state index is -0.0830. The second-order valence-electron chi connectivity index (χ2n) is 5.73. The Labute approximate surface area is 119 Å². The van der Waals surface area contributed by atoms with Crippen molar-refractivity contribution in [2.45, 2.75) is 31.0 Å². The van der Waals surface area contributed by atoms with E-state index in [4.69, 9.17) is 14.6 Å². The van der Waals surface area contributed by atoms with Crippen molar-refractivity contribution in [2.75, 3.05) is 32.8 Å². The number of aromatic nitrogens is 1. The van der Waals surface area contributed by atoms with Crippen molar-refractivity contribution in [1.29, 1.82) is 0 Å². The molecule has 5 nitrogen and oxygen atoms in total. The third kappa shape index (κ3) is 3.11. The molecule has 3 rings (SSSR count). The van der Waals surface area contributed by atoms with Crippen LogP contribution in [0.5, 0.6) is 5.75 Å². The summed E-state index contributed by atoms with van der Waals surface area (Å²) < 4.78 is 12.0. The number of pyridine rings is 1. The van der Waals surface area contributed by atoms with Gasteiger partial charge >= 0.3 is 0 Å². The van der Waals surface area contributed by atoms with Gasteiger partial charge in [-0.1, -0.05) is 0 Å². The number of aliphatic hydroxyl groups excluding tert-OH is 1. The molecule has 2 fully saturated rings. The van der Waals surface area contributed by atoms with Gasteiger partial charge in [-0.05, 0) is 31.5 Å². The molecule has 2 saturated heterocycles. The first-order chi connectivity index (χ1) is 9.80. The lowest BCUT2D eigenvalue weighted by Gasteiger charge is -2.39. The fourth-order valence-electron chi connectivity index (χ4n) is 3.29. The van der Waals surface area contributed by atoms with Gasteiger partial charge in [-0.15, -0.1) is 0 Å². The number of hydrogen-bond acceptors (Lipinski definition) is 5. The van der Waals surface area contributed by atoms with E-state index in [1.165, 1.54) is 0 Å². The Morgan fingerprint density at radius 3 is 3.30 bits per heavy atom. The molecule has 0 aromatic carbocycles. The summed E-state index contributed by atoms with van der Waals surface area (Å²) in [4.78, 5) is 6.35. The second-order valence-corrected chi connectivity index (χ2v) is 5.73. The van der Waals surface area contributed by atoms with E-state index in [1.54, 1.807) is 12.4 Å². The topological polar surface area (TPSA) is 54.8 Å². The van der Waals surface area contributed by atoms with E-state index in [-0.39, 0.29) is 18.3 Å². The highest BCUT2D eigenvalue weighted by molar-refractivity contribution is 5.16. The quantitative estimate of drug-likeness (QED) is 0.893. The Morgan fingerprint density at radius 1 is 1.55 bits per heavy atom. The van der Waals surface area contributed by atoms with Crippen molar-refractivity contribution >= 4 is 0 Å². The van der Waals surface area contributed by atoms with Crippen LogP contribution in [0.2, 0.25) is 0 Å². The maximum Gasteiger partial charge on any atom is 0.138 e. The summed E-state index contributed by atoms with van der Waals surface area (Å²) in [5, 5.41) is 9.08. The van der Waals surface area contributed by atoms with Crippen LogP contribution in [0, 0.1) is 0 Å². The van der Waals surface area contributed by atoms with E-state index in [2.05, 4.69) is 9.88 Å². The van der Waals surface area contributed by atoms with Crippen LogP contribution < -0.4 is 4.74 Å². The Balaban J connectivity index is 1.58. The van der Waals surface area contributed by atoms with Crippen LogP contribution in [-0.4, -0.2) is 59.5 Å². The number of rotatable bonds is 4. The number of aliphatic hydroxyl groups is 1. The van der Waals surface area contributed by atoms with Crippen molar-refractivity contribution in [3.05, 3.63) is 24.5 Å². The van der Waals surface area contributed by atoms with Crippen LogP contribution in [0.4, 0.5) is 0 Å². The van der Waals surface area contributed by atoms with Crippen molar-refractivity contribution in [3.8, 4) is 5.75 Å². The van der Waals surface area contributed by atoms with Crippen LogP contribution in [0.25, 0.3) is 0 Å². The SMILES string of the molecule is OCCN1CCCC2(CC(Oc3cccnc3)CO2)C1. The van der Waals surface area contributed by atoms with Crippen LogP contribution in [0.1, 0.15) is 19.3 Å². The molecule has 0 saturated carbocycles. The molecule has 20 heavy (non-hydrogen) atoms. The average Bonchev–Trinajstić information content (AvgIpc) is 2.83. The maximum atomic E-state index is 9.08. The van der Waals surface area contributed by atoms with Gasteiger partial charge in [-0.25, -0.2) is 0 Å². The minimum Gasteiger partial charge on any atom is -0.486 e. The molecule has 5 heteroatoms. The summed E-state index contributed by atoms with van der Waals surface area (Å²) in [5.41, 5.74) is -0.0830. The highest BCUT2D eigenvalue weighted by Crippen LogP contribution is 2.36. The van der Waals surface area contributed by atoms with E-state index in [0.29, 0.717) is 6.61 Å². The normalized spacial score (nSPS) is 30.8. The van der Waals surface area contributed by atoms with Crippen molar-refractivity contribution in [2.24, 2.45) is 0 Å². The first-order valence-electron chi connectivity index (χ1n) is 7.34. The molecule has 2 aliphatic rings. The van der Waals surface area contributed by atoms with Gasteiger partial charge in [0.2, 0.25) is 0 Å². The summed E-state index contributed by atoms with van der Waals surface area (Å²) in [6, 6.07) is 3.81. The van der Waals surface area contributed by atoms with Gasteiger partial charge < -0.3 is 14.6 Å². The molecule has 2 unspecified atom stereocenters. The molecule has 2 aliphatic heterocycles. The molecule has 0 bridgehead atoms. The smallest absolute Gasteiger partial charge is 0.138 e. The number of hydrogen-bond donors (Lipinski definition) is 1. The van der Waals surface area contributed by atoms with Gasteiger partial charge in [0.05, 0.1) is 25.0 Å². The second kappa shape index (κ2) is 6.08. The summed E-state index contributed by atoms with van der Waals surface area (Å²) in [6.45, 7) is 3.55. The fourth-order valence-corrected chi connectivity index (χ4v) is 3.29. The van der Waals surface area contributed by atoms with E-state index in [9.17, 15) is 0 Å². The average molecular weight is 278 g/mol. The zero-order chi connectivity index (χ0) is 13.8. The molecule has 0 amide bonds. The van der Waals surface area contributed by atoms with Crippen molar-refractivity contribution in [1.82, 2.24) is 9.88 Å². The number of piperidine rings is 1. The standard InChI is InChI=1S/C15H22N2O3/c18-8-7-17-6-2-4-15(12-17)9-14(11-19-15)20-13-3-1-5-16-10-13/h1,3,5,10,14,18H,2,4,6-9,11-12H2. The Hall–Kier alpha value is -1.17. The van der Waals surface area contributed by atoms with Gasteiger partial charge in [0, 0.05) is 25.7 Å². The summed E-state index contributed by atoms with van der Waals surface area (Å²) in [6.07, 6.45) is 6.72. The van der Waals surface area contributed by atoms with Crippen molar-refractivity contribution in [3.63, 3.8) is 0 Å². The van der Waals surface area contributed by atoms with Crippen LogP contribution in [-0.2, 0) is 4.74 Å². The van der Waals surface area contributed by atoms with E-state index >= 15 is 0 Å². The largest absolute Gasteiger partial charge is 0.486 e.